The summed E-state index contributed by atoms with van der Waals surface area (Å²) < 4.78 is 5.32. The molecule has 0 atom stereocenters. The monoisotopic (exact) mass is 198 g/mol. The lowest BCUT2D eigenvalue weighted by Crippen LogP contribution is -2.49. The van der Waals surface area contributed by atoms with Gasteiger partial charge in [-0.25, -0.2) is 0 Å². The molecule has 82 valence electrons. The highest BCUT2D eigenvalue weighted by molar-refractivity contribution is 4.88. The molecule has 2 rings (SSSR count). The number of hydrogen-bond donors (Lipinski definition) is 1. The molecule has 2 fully saturated rings. The van der Waals surface area contributed by atoms with Crippen molar-refractivity contribution < 1.29 is 4.74 Å². The lowest BCUT2D eigenvalue weighted by molar-refractivity contribution is -0.0285. The minimum atomic E-state index is 0.545. The summed E-state index contributed by atoms with van der Waals surface area (Å²) in [5.41, 5.74) is 0. The fourth-order valence-corrected chi connectivity index (χ4v) is 2.44. The average Bonchev–Trinajstić information content (AvgIpc) is 2.06. The lowest BCUT2D eigenvalue weighted by Gasteiger charge is -2.43. The molecule has 14 heavy (non-hydrogen) atoms. The molecule has 0 radical (unpaired) electrons. The summed E-state index contributed by atoms with van der Waals surface area (Å²) in [6.07, 6.45) is 5.65. The van der Waals surface area contributed by atoms with Crippen LogP contribution in [0.2, 0.25) is 0 Å². The van der Waals surface area contributed by atoms with Crippen LogP contribution in [0, 0.1) is 0 Å². The number of nitrogens with one attached hydrogen (secondary N) is 1. The number of methoxy groups -OCH3 is 1. The molecule has 0 aromatic heterocycles. The molecule has 1 aliphatic heterocycles. The summed E-state index contributed by atoms with van der Waals surface area (Å²) in [6, 6.07) is 0.818. The Kier molecular flexibility index (Phi) is 3.79. The van der Waals surface area contributed by atoms with Crippen molar-refractivity contribution in [2.45, 2.75) is 37.8 Å². The van der Waals surface area contributed by atoms with Gasteiger partial charge in [0.2, 0.25) is 0 Å². The molecule has 1 saturated heterocycles. The molecule has 0 aromatic rings. The second kappa shape index (κ2) is 5.10. The van der Waals surface area contributed by atoms with Crippen LogP contribution in [-0.2, 0) is 4.74 Å². The highest BCUT2D eigenvalue weighted by atomic mass is 16.5. The van der Waals surface area contributed by atoms with Gasteiger partial charge >= 0.3 is 0 Å². The Morgan fingerprint density at radius 3 is 2.36 bits per heavy atom. The predicted octanol–water partition coefficient (Wildman–Crippen LogP) is 0.849. The summed E-state index contributed by atoms with van der Waals surface area (Å²) in [6.45, 7) is 4.93. The van der Waals surface area contributed by atoms with Gasteiger partial charge in [0.25, 0.3) is 0 Å². The van der Waals surface area contributed by atoms with Crippen LogP contribution in [0.5, 0.6) is 0 Å². The number of nitrogens with zero attached hydrogens (tertiary/aromatic N) is 1. The highest BCUT2D eigenvalue weighted by Crippen LogP contribution is 2.28. The molecular weight excluding hydrogens is 176 g/mol. The maximum Gasteiger partial charge on any atom is 0.0601 e. The Bertz CT molecular complexity index is 161. The molecule has 0 spiro atoms. The van der Waals surface area contributed by atoms with Gasteiger partial charge in [0.05, 0.1) is 6.10 Å². The molecular formula is C11H22N2O. The van der Waals surface area contributed by atoms with Crippen molar-refractivity contribution in [1.82, 2.24) is 10.2 Å². The van der Waals surface area contributed by atoms with Crippen LogP contribution >= 0.6 is 0 Å². The van der Waals surface area contributed by atoms with E-state index in [0.717, 1.165) is 6.04 Å². The van der Waals surface area contributed by atoms with E-state index in [1.54, 1.807) is 0 Å². The highest BCUT2D eigenvalue weighted by Gasteiger charge is 2.33. The molecule has 2 aliphatic rings. The van der Waals surface area contributed by atoms with E-state index in [1.807, 2.05) is 7.11 Å². The van der Waals surface area contributed by atoms with Gasteiger partial charge in [0.1, 0.15) is 0 Å². The van der Waals surface area contributed by atoms with Gasteiger partial charge in [-0.3, -0.25) is 0 Å². The van der Waals surface area contributed by atoms with Gasteiger partial charge in [-0.05, 0) is 51.9 Å². The van der Waals surface area contributed by atoms with Crippen LogP contribution in [0.4, 0.5) is 0 Å². The third-order valence-corrected chi connectivity index (χ3v) is 3.52. The molecule has 3 nitrogen and oxygen atoms in total. The average molecular weight is 198 g/mol. The van der Waals surface area contributed by atoms with Gasteiger partial charge in [0.15, 0.2) is 0 Å². The topological polar surface area (TPSA) is 24.5 Å². The van der Waals surface area contributed by atoms with Gasteiger partial charge in [0, 0.05) is 13.2 Å². The molecule has 0 aromatic carbocycles. The van der Waals surface area contributed by atoms with Crippen LogP contribution in [0.1, 0.15) is 25.7 Å². The molecule has 0 unspecified atom stereocenters. The van der Waals surface area contributed by atoms with E-state index in [-0.39, 0.29) is 0 Å². The largest absolute Gasteiger partial charge is 0.381 e. The third kappa shape index (κ3) is 2.47. The first-order chi connectivity index (χ1) is 6.90. The summed E-state index contributed by atoms with van der Waals surface area (Å²) in [5, 5.41) is 3.45. The number of hydrogen-bond acceptors (Lipinski definition) is 3. The van der Waals surface area contributed by atoms with E-state index in [1.165, 1.54) is 51.9 Å². The first-order valence-corrected chi connectivity index (χ1v) is 5.87. The third-order valence-electron chi connectivity index (χ3n) is 3.52. The van der Waals surface area contributed by atoms with Gasteiger partial charge in [-0.2, -0.15) is 0 Å². The summed E-state index contributed by atoms with van der Waals surface area (Å²) >= 11 is 0. The van der Waals surface area contributed by atoms with E-state index >= 15 is 0 Å². The fraction of sp³-hybridized carbons (Fsp3) is 1.00. The van der Waals surface area contributed by atoms with Crippen LogP contribution in [0.25, 0.3) is 0 Å². The van der Waals surface area contributed by atoms with Crippen molar-refractivity contribution in [3.05, 3.63) is 0 Å². The van der Waals surface area contributed by atoms with Gasteiger partial charge in [-0.15, -0.1) is 0 Å². The van der Waals surface area contributed by atoms with E-state index in [0.29, 0.717) is 6.10 Å². The van der Waals surface area contributed by atoms with Crippen molar-refractivity contribution in [3.63, 3.8) is 0 Å². The van der Waals surface area contributed by atoms with E-state index < -0.39 is 0 Å². The second-order valence-corrected chi connectivity index (χ2v) is 4.48. The first kappa shape index (κ1) is 10.4. The molecule has 1 heterocycles. The molecule has 1 N–H and O–H groups in total. The van der Waals surface area contributed by atoms with Crippen LogP contribution in [-0.4, -0.2) is 50.3 Å². The number of rotatable bonds is 2. The Morgan fingerprint density at radius 2 is 1.79 bits per heavy atom. The molecule has 0 amide bonds. The SMILES string of the molecule is COC1CC(N2CCCNCCC2)C1. The normalized spacial score (nSPS) is 35.8. The fourth-order valence-electron chi connectivity index (χ4n) is 2.44. The molecule has 1 aliphatic carbocycles. The number of ether oxygens (including phenoxy) is 1. The zero-order valence-corrected chi connectivity index (χ0v) is 9.17. The molecule has 0 bridgehead atoms. The smallest absolute Gasteiger partial charge is 0.0601 e. The van der Waals surface area contributed by atoms with Crippen LogP contribution in [0.3, 0.4) is 0 Å². The lowest BCUT2D eigenvalue weighted by atomic mass is 9.87. The second-order valence-electron chi connectivity index (χ2n) is 4.48. The Morgan fingerprint density at radius 1 is 1.14 bits per heavy atom. The zero-order valence-electron chi connectivity index (χ0n) is 9.17. The first-order valence-electron chi connectivity index (χ1n) is 5.87. The Hall–Kier alpha value is -0.120. The van der Waals surface area contributed by atoms with E-state index in [4.69, 9.17) is 4.74 Å². The summed E-state index contributed by atoms with van der Waals surface area (Å²) in [4.78, 5) is 2.66. The van der Waals surface area contributed by atoms with Crippen LogP contribution in [0.15, 0.2) is 0 Å². The molecule has 3 heteroatoms. The van der Waals surface area contributed by atoms with Crippen molar-refractivity contribution in [2.24, 2.45) is 0 Å². The Labute approximate surface area is 86.8 Å². The van der Waals surface area contributed by atoms with Crippen molar-refractivity contribution in [3.8, 4) is 0 Å². The van der Waals surface area contributed by atoms with Gasteiger partial charge < -0.3 is 15.0 Å². The standard InChI is InChI=1S/C11H22N2O/c1-14-11-8-10(9-11)13-6-2-4-12-5-3-7-13/h10-12H,2-9H2,1H3. The maximum atomic E-state index is 5.32. The van der Waals surface area contributed by atoms with Crippen LogP contribution < -0.4 is 5.32 Å². The van der Waals surface area contributed by atoms with Crippen molar-refractivity contribution in [1.29, 1.82) is 0 Å². The minimum absolute atomic E-state index is 0.545. The Balaban J connectivity index is 1.73. The van der Waals surface area contributed by atoms with Crippen molar-refractivity contribution >= 4 is 0 Å². The van der Waals surface area contributed by atoms with E-state index in [9.17, 15) is 0 Å². The van der Waals surface area contributed by atoms with E-state index in [2.05, 4.69) is 10.2 Å². The maximum absolute atomic E-state index is 5.32. The minimum Gasteiger partial charge on any atom is -0.381 e. The summed E-state index contributed by atoms with van der Waals surface area (Å²) in [5.74, 6) is 0. The zero-order chi connectivity index (χ0) is 9.80. The van der Waals surface area contributed by atoms with Crippen molar-refractivity contribution in [2.75, 3.05) is 33.3 Å². The molecule has 1 saturated carbocycles. The predicted molar refractivity (Wildman–Crippen MR) is 57.5 cm³/mol. The van der Waals surface area contributed by atoms with Gasteiger partial charge in [-0.1, -0.05) is 0 Å². The summed E-state index contributed by atoms with van der Waals surface area (Å²) in [7, 11) is 1.83. The quantitative estimate of drug-likeness (QED) is 0.712.